The van der Waals surface area contributed by atoms with Crippen molar-refractivity contribution in [1.82, 2.24) is 19.7 Å². The third kappa shape index (κ3) is 3.61. The van der Waals surface area contributed by atoms with Crippen molar-refractivity contribution in [3.05, 3.63) is 58.6 Å². The predicted molar refractivity (Wildman–Crippen MR) is 94.6 cm³/mol. The molecular formula is C17H16ClN5O2. The molecular weight excluding hydrogens is 342 g/mol. The van der Waals surface area contributed by atoms with Crippen LogP contribution >= 0.6 is 11.6 Å². The summed E-state index contributed by atoms with van der Waals surface area (Å²) < 4.78 is 6.65. The number of rotatable bonds is 4. The number of hydrogen-bond acceptors (Lipinski definition) is 5. The zero-order valence-corrected chi connectivity index (χ0v) is 14.7. The van der Waals surface area contributed by atoms with Crippen molar-refractivity contribution >= 4 is 23.2 Å². The Kier molecular flexibility index (Phi) is 4.67. The minimum absolute atomic E-state index is 0.113. The van der Waals surface area contributed by atoms with E-state index in [4.69, 9.17) is 16.3 Å². The van der Waals surface area contributed by atoms with E-state index < -0.39 is 5.91 Å². The molecule has 3 aromatic rings. The molecule has 0 bridgehead atoms. The van der Waals surface area contributed by atoms with Gasteiger partial charge in [-0.1, -0.05) is 11.6 Å². The van der Waals surface area contributed by atoms with Gasteiger partial charge in [-0.05, 0) is 38.1 Å². The van der Waals surface area contributed by atoms with Crippen LogP contribution in [0.1, 0.15) is 21.9 Å². The highest BCUT2D eigenvalue weighted by Gasteiger charge is 2.15. The van der Waals surface area contributed by atoms with Crippen LogP contribution < -0.4 is 10.1 Å². The van der Waals surface area contributed by atoms with Gasteiger partial charge in [0.25, 0.3) is 5.91 Å². The van der Waals surface area contributed by atoms with Gasteiger partial charge >= 0.3 is 0 Å². The summed E-state index contributed by atoms with van der Waals surface area (Å²) in [6.07, 6.45) is 1.50. The molecule has 3 heterocycles. The molecule has 7 nitrogen and oxygen atoms in total. The summed E-state index contributed by atoms with van der Waals surface area (Å²) in [7, 11) is 1.52. The van der Waals surface area contributed by atoms with Gasteiger partial charge in [0.1, 0.15) is 5.69 Å². The van der Waals surface area contributed by atoms with E-state index in [0.717, 1.165) is 11.4 Å². The van der Waals surface area contributed by atoms with E-state index in [-0.39, 0.29) is 10.7 Å². The quantitative estimate of drug-likeness (QED) is 0.775. The minimum Gasteiger partial charge on any atom is -0.481 e. The number of hydrogen-bond donors (Lipinski definition) is 1. The van der Waals surface area contributed by atoms with E-state index in [2.05, 4.69) is 20.4 Å². The van der Waals surface area contributed by atoms with Gasteiger partial charge in [-0.3, -0.25) is 4.79 Å². The molecule has 8 heteroatoms. The number of carbonyl (C=O) groups is 1. The Bertz CT molecular complexity index is 921. The van der Waals surface area contributed by atoms with Gasteiger partial charge in [-0.25, -0.2) is 14.6 Å². The van der Waals surface area contributed by atoms with Crippen LogP contribution in [0.3, 0.4) is 0 Å². The molecule has 1 N–H and O–H groups in total. The highest BCUT2D eigenvalue weighted by molar-refractivity contribution is 6.34. The van der Waals surface area contributed by atoms with Crippen LogP contribution in [-0.2, 0) is 0 Å². The van der Waals surface area contributed by atoms with Gasteiger partial charge in [0.15, 0.2) is 5.82 Å². The summed E-state index contributed by atoms with van der Waals surface area (Å²) in [5, 5.41) is 7.34. The number of nitrogens with zero attached hydrogens (tertiary/aromatic N) is 4. The first kappa shape index (κ1) is 16.9. The van der Waals surface area contributed by atoms with Crippen LogP contribution in [0.25, 0.3) is 5.82 Å². The first-order valence-corrected chi connectivity index (χ1v) is 7.87. The summed E-state index contributed by atoms with van der Waals surface area (Å²) in [5.41, 5.74) is 2.41. The molecule has 0 aliphatic rings. The standard InChI is InChI=1S/C17H16ClN5O2/c1-10-8-11(2)23(22-10)14-6-5-13(18)16(21-14)17(24)20-12-4-7-15(25-3)19-9-12/h4-9H,1-3H3,(H,20,24). The van der Waals surface area contributed by atoms with Gasteiger partial charge in [0, 0.05) is 11.8 Å². The fraction of sp³-hybridized carbons (Fsp3) is 0.176. The molecule has 0 aromatic carbocycles. The Morgan fingerprint density at radius 3 is 2.64 bits per heavy atom. The molecule has 0 spiro atoms. The minimum atomic E-state index is -0.430. The second-order valence-corrected chi connectivity index (χ2v) is 5.79. The molecule has 0 radical (unpaired) electrons. The maximum Gasteiger partial charge on any atom is 0.275 e. The third-order valence-electron chi connectivity index (χ3n) is 3.48. The fourth-order valence-corrected chi connectivity index (χ4v) is 2.53. The first-order valence-electron chi connectivity index (χ1n) is 7.49. The molecule has 0 aliphatic carbocycles. The van der Waals surface area contributed by atoms with Gasteiger partial charge in [0.2, 0.25) is 5.88 Å². The molecule has 128 valence electrons. The lowest BCUT2D eigenvalue weighted by molar-refractivity contribution is 0.102. The number of pyridine rings is 2. The Labute approximate surface area is 149 Å². The van der Waals surface area contributed by atoms with Crippen molar-refractivity contribution in [2.24, 2.45) is 0 Å². The topological polar surface area (TPSA) is 81.9 Å². The average Bonchev–Trinajstić information content (AvgIpc) is 2.94. The van der Waals surface area contributed by atoms with Crippen molar-refractivity contribution in [3.8, 4) is 11.7 Å². The lowest BCUT2D eigenvalue weighted by atomic mass is 10.3. The molecule has 0 aliphatic heterocycles. The van der Waals surface area contributed by atoms with Gasteiger partial charge in [-0.2, -0.15) is 5.10 Å². The number of aromatic nitrogens is 4. The Morgan fingerprint density at radius 2 is 2.04 bits per heavy atom. The van der Waals surface area contributed by atoms with Crippen LogP contribution in [0.2, 0.25) is 5.02 Å². The van der Waals surface area contributed by atoms with E-state index >= 15 is 0 Å². The number of aryl methyl sites for hydroxylation is 2. The summed E-state index contributed by atoms with van der Waals surface area (Å²) in [6.45, 7) is 3.81. The maximum absolute atomic E-state index is 12.5. The van der Waals surface area contributed by atoms with Crippen molar-refractivity contribution in [2.45, 2.75) is 13.8 Å². The van der Waals surface area contributed by atoms with Gasteiger partial charge in [0.05, 0.1) is 29.7 Å². The first-order chi connectivity index (χ1) is 12.0. The number of nitrogens with one attached hydrogen (secondary N) is 1. The highest BCUT2D eigenvalue weighted by Crippen LogP contribution is 2.19. The second kappa shape index (κ2) is 6.90. The second-order valence-electron chi connectivity index (χ2n) is 5.38. The smallest absolute Gasteiger partial charge is 0.275 e. The van der Waals surface area contributed by atoms with Crippen LogP contribution in [0, 0.1) is 13.8 Å². The average molecular weight is 358 g/mol. The summed E-state index contributed by atoms with van der Waals surface area (Å²) in [5.74, 6) is 0.550. The van der Waals surface area contributed by atoms with Crippen LogP contribution in [0.4, 0.5) is 5.69 Å². The number of amides is 1. The monoisotopic (exact) mass is 357 g/mol. The normalized spacial score (nSPS) is 10.6. The van der Waals surface area contributed by atoms with Crippen molar-refractivity contribution in [2.75, 3.05) is 12.4 Å². The SMILES string of the molecule is COc1ccc(NC(=O)c2nc(-n3nc(C)cc3C)ccc2Cl)cn1. The molecule has 0 unspecified atom stereocenters. The van der Waals surface area contributed by atoms with E-state index in [1.807, 2.05) is 19.9 Å². The summed E-state index contributed by atoms with van der Waals surface area (Å²) in [4.78, 5) is 20.9. The molecule has 3 rings (SSSR count). The number of anilines is 1. The van der Waals surface area contributed by atoms with Crippen molar-refractivity contribution < 1.29 is 9.53 Å². The molecule has 3 aromatic heterocycles. The lowest BCUT2D eigenvalue weighted by Crippen LogP contribution is -2.16. The van der Waals surface area contributed by atoms with Crippen LogP contribution in [0.15, 0.2) is 36.5 Å². The number of carbonyl (C=O) groups excluding carboxylic acids is 1. The molecule has 0 atom stereocenters. The largest absolute Gasteiger partial charge is 0.481 e. The molecule has 0 saturated carbocycles. The van der Waals surface area contributed by atoms with Crippen molar-refractivity contribution in [3.63, 3.8) is 0 Å². The Morgan fingerprint density at radius 1 is 1.24 bits per heavy atom. The number of ether oxygens (including phenoxy) is 1. The summed E-state index contributed by atoms with van der Waals surface area (Å²) in [6, 6.07) is 8.60. The van der Waals surface area contributed by atoms with Crippen LogP contribution in [0.5, 0.6) is 5.88 Å². The van der Waals surface area contributed by atoms with Crippen LogP contribution in [-0.4, -0.2) is 32.8 Å². The zero-order chi connectivity index (χ0) is 18.0. The lowest BCUT2D eigenvalue weighted by Gasteiger charge is -2.09. The molecule has 0 saturated heterocycles. The maximum atomic E-state index is 12.5. The highest BCUT2D eigenvalue weighted by atomic mass is 35.5. The predicted octanol–water partition coefficient (Wildman–Crippen LogP) is 3.19. The van der Waals surface area contributed by atoms with E-state index in [1.165, 1.54) is 13.3 Å². The number of halogens is 1. The molecule has 0 fully saturated rings. The van der Waals surface area contributed by atoms with E-state index in [9.17, 15) is 4.79 Å². The van der Waals surface area contributed by atoms with Crippen molar-refractivity contribution in [1.29, 1.82) is 0 Å². The third-order valence-corrected chi connectivity index (χ3v) is 3.78. The molecule has 25 heavy (non-hydrogen) atoms. The van der Waals surface area contributed by atoms with Gasteiger partial charge in [-0.15, -0.1) is 0 Å². The molecule has 1 amide bonds. The Balaban J connectivity index is 1.89. The van der Waals surface area contributed by atoms with E-state index in [1.54, 1.807) is 28.9 Å². The zero-order valence-electron chi connectivity index (χ0n) is 13.9. The Hall–Kier alpha value is -2.93. The van der Waals surface area contributed by atoms with E-state index in [0.29, 0.717) is 17.4 Å². The van der Waals surface area contributed by atoms with Gasteiger partial charge < -0.3 is 10.1 Å². The summed E-state index contributed by atoms with van der Waals surface area (Å²) >= 11 is 6.15. The fourth-order valence-electron chi connectivity index (χ4n) is 2.34. The number of methoxy groups -OCH3 is 1.